The van der Waals surface area contributed by atoms with Crippen molar-refractivity contribution in [1.82, 2.24) is 39.9 Å². The molecule has 0 unspecified atom stereocenters. The lowest BCUT2D eigenvalue weighted by Gasteiger charge is -2.06. The van der Waals surface area contributed by atoms with E-state index in [1.165, 1.54) is 0 Å². The summed E-state index contributed by atoms with van der Waals surface area (Å²) in [4.78, 5) is 134. The van der Waals surface area contributed by atoms with E-state index in [0.717, 1.165) is 133 Å². The van der Waals surface area contributed by atoms with Gasteiger partial charge in [0, 0.05) is 95.5 Å². The molecular formula is C88H112N8O16. The van der Waals surface area contributed by atoms with Gasteiger partial charge in [-0.3, -0.25) is 38.4 Å². The highest BCUT2D eigenvalue weighted by Crippen LogP contribution is 2.41. The van der Waals surface area contributed by atoms with E-state index < -0.39 is 5.97 Å². The first-order valence-corrected chi connectivity index (χ1v) is 38.3. The van der Waals surface area contributed by atoms with E-state index in [4.69, 9.17) is 53.1 Å². The van der Waals surface area contributed by atoms with E-state index in [-0.39, 0.29) is 108 Å². The molecule has 0 aromatic carbocycles. The van der Waals surface area contributed by atoms with E-state index in [2.05, 4.69) is 19.9 Å². The van der Waals surface area contributed by atoms with E-state index in [0.29, 0.717) is 143 Å². The number of ether oxygens (including phenoxy) is 7. The van der Waals surface area contributed by atoms with E-state index >= 15 is 0 Å². The van der Waals surface area contributed by atoms with Gasteiger partial charge in [0.05, 0.1) is 91.8 Å². The second-order valence-electron chi connectivity index (χ2n) is 27.4. The van der Waals surface area contributed by atoms with Gasteiger partial charge < -0.3 is 58.2 Å². The van der Waals surface area contributed by atoms with Crippen LogP contribution in [0.3, 0.4) is 0 Å². The molecule has 0 radical (unpaired) electrons. The molecule has 0 spiro atoms. The average Bonchev–Trinajstić information content (AvgIpc) is 1.62. The van der Waals surface area contributed by atoms with Crippen molar-refractivity contribution < 1.29 is 76.6 Å². The van der Waals surface area contributed by atoms with Crippen LogP contribution in [0.2, 0.25) is 0 Å². The number of rotatable bonds is 31. The number of carboxylic acids is 1. The number of H-pyrrole nitrogens is 4. The fourth-order valence-electron chi connectivity index (χ4n) is 14.4. The number of aromatic amines is 4. The highest BCUT2D eigenvalue weighted by molar-refractivity contribution is 5.99. The van der Waals surface area contributed by atoms with Crippen LogP contribution in [0.1, 0.15) is 258 Å². The Balaban J connectivity index is 0.000000306. The molecule has 0 saturated heterocycles. The fraction of sp³-hybridized carbons (Fsp3) is 0.455. The summed E-state index contributed by atoms with van der Waals surface area (Å²) in [5, 5.41) is 9.63. The fourth-order valence-corrected chi connectivity index (χ4v) is 14.4. The molecule has 6 aromatic rings. The molecule has 24 heteroatoms. The lowest BCUT2D eigenvalue weighted by Crippen LogP contribution is -2.05. The van der Waals surface area contributed by atoms with Crippen LogP contribution in [0.15, 0.2) is 48.5 Å². The first-order chi connectivity index (χ1) is 52.7. The van der Waals surface area contributed by atoms with E-state index in [1.807, 2.05) is 104 Å². The zero-order valence-electron chi connectivity index (χ0n) is 66.2. The van der Waals surface area contributed by atoms with Crippen molar-refractivity contribution in [2.75, 3.05) is 46.2 Å². The Morgan fingerprint density at radius 1 is 0.268 bits per heavy atom. The van der Waals surface area contributed by atoms with Crippen LogP contribution in [0.25, 0.3) is 88.7 Å². The summed E-state index contributed by atoms with van der Waals surface area (Å²) in [5.41, 5.74) is 26.7. The highest BCUT2D eigenvalue weighted by atomic mass is 16.6. The summed E-state index contributed by atoms with van der Waals surface area (Å²) in [6, 6.07) is 15.8. The molecule has 0 fully saturated rings. The van der Waals surface area contributed by atoms with Gasteiger partial charge >= 0.3 is 47.8 Å². The number of hydrogen-bond acceptors (Lipinski definition) is 19. The monoisotopic (exact) mass is 1540 g/mol. The van der Waals surface area contributed by atoms with E-state index in [9.17, 15) is 43.5 Å². The van der Waals surface area contributed by atoms with Gasteiger partial charge in [-0.05, 0) is 293 Å². The van der Waals surface area contributed by atoms with Crippen molar-refractivity contribution in [3.05, 3.63) is 139 Å². The molecule has 5 N–H and O–H groups in total. The van der Waals surface area contributed by atoms with Crippen LogP contribution in [-0.2, 0) is 97.2 Å². The summed E-state index contributed by atoms with van der Waals surface area (Å²) >= 11 is 0. The van der Waals surface area contributed by atoms with Gasteiger partial charge in [0.15, 0.2) is 0 Å². The molecule has 10 heterocycles. The topological polar surface area (TPSA) is 336 Å². The maximum atomic E-state index is 12.6. The minimum Gasteiger partial charge on any atom is -0.481 e. The summed E-state index contributed by atoms with van der Waals surface area (Å²) in [7, 11) is 0. The van der Waals surface area contributed by atoms with Crippen molar-refractivity contribution in [1.29, 1.82) is 0 Å². The Morgan fingerprint density at radius 2 is 0.455 bits per heavy atom. The Hall–Kier alpha value is -11.0. The van der Waals surface area contributed by atoms with E-state index in [1.54, 1.807) is 48.5 Å². The van der Waals surface area contributed by atoms with Crippen LogP contribution < -0.4 is 0 Å². The number of carbonyl (C=O) groups excluding carboxylic acids is 7. The molecule has 600 valence electrons. The number of aromatic nitrogens is 8. The van der Waals surface area contributed by atoms with Crippen LogP contribution >= 0.6 is 0 Å². The summed E-state index contributed by atoms with van der Waals surface area (Å²) in [6.45, 7) is 30.6. The van der Waals surface area contributed by atoms with Crippen molar-refractivity contribution in [3.63, 3.8) is 0 Å². The lowest BCUT2D eigenvalue weighted by molar-refractivity contribution is -0.144. The van der Waals surface area contributed by atoms with Gasteiger partial charge in [0.25, 0.3) is 0 Å². The second-order valence-corrected chi connectivity index (χ2v) is 27.4. The van der Waals surface area contributed by atoms with Crippen LogP contribution in [0.5, 0.6) is 0 Å². The van der Waals surface area contributed by atoms with Gasteiger partial charge in [-0.1, -0.05) is 14.9 Å². The van der Waals surface area contributed by atoms with Crippen molar-refractivity contribution >= 4 is 136 Å². The number of carbonyl (C=O) groups is 8. The Kier molecular flexibility index (Phi) is 32.1. The number of fused-ring (bicyclic) bond motifs is 16. The molecule has 0 saturated carbocycles. The molecule has 4 aliphatic heterocycles. The van der Waals surface area contributed by atoms with Crippen molar-refractivity contribution in [3.8, 4) is 0 Å². The van der Waals surface area contributed by atoms with Crippen LogP contribution in [0, 0.1) is 27.7 Å². The second kappa shape index (κ2) is 40.8. The number of aryl methyl sites for hydroxylation is 8. The molecule has 10 rings (SSSR count). The van der Waals surface area contributed by atoms with Gasteiger partial charge in [-0.15, -0.1) is 0 Å². The van der Waals surface area contributed by atoms with Crippen molar-refractivity contribution in [2.45, 2.75) is 221 Å². The molecule has 16 bridgehead atoms. The number of nitrogens with one attached hydrogen (secondary N) is 4. The SMILES string of the molecule is C.C.CCOC(=O)CCC1=C(C)c2cc3[nH]c(cc4[nH]c(cc5nc(cc1n2)C(C)=C5CCC(=O)OCC)c(C)c4CCC(=O)O)c(C)c3CCC(=O)OCC.CCOC(=O)CCC1=C(C)c2cc3nc(cc4[nH]c(cc5[nH]c(cc1n2)c(CCC(=O)OCC)c5C)c(C)c4CCC(=O)OCC)C(CCC(=O)OCC)=C3C. The molecule has 112 heavy (non-hydrogen) atoms. The number of aliphatic carboxylic acids is 1. The van der Waals surface area contributed by atoms with Gasteiger partial charge in [-0.2, -0.15) is 0 Å². The van der Waals surface area contributed by atoms with Gasteiger partial charge in [0.2, 0.25) is 0 Å². The van der Waals surface area contributed by atoms with Crippen LogP contribution in [-0.4, -0.2) is 139 Å². The minimum atomic E-state index is -0.896. The molecular weight excluding hydrogens is 1430 g/mol. The number of allylic oxidation sites excluding steroid dienone is 8. The smallest absolute Gasteiger partial charge is 0.306 e. The van der Waals surface area contributed by atoms with Gasteiger partial charge in [-0.25, -0.2) is 19.9 Å². The zero-order valence-corrected chi connectivity index (χ0v) is 66.2. The normalized spacial score (nSPS) is 12.4. The first kappa shape index (κ1) is 88.2. The van der Waals surface area contributed by atoms with Crippen molar-refractivity contribution in [2.24, 2.45) is 0 Å². The molecule has 0 aliphatic carbocycles. The molecule has 4 aliphatic rings. The third-order valence-electron chi connectivity index (χ3n) is 20.4. The Bertz CT molecular complexity index is 4920. The number of esters is 7. The molecule has 0 atom stereocenters. The summed E-state index contributed by atoms with van der Waals surface area (Å²) in [5.74, 6) is -2.90. The van der Waals surface area contributed by atoms with Gasteiger partial charge in [0.1, 0.15) is 0 Å². The zero-order chi connectivity index (χ0) is 79.6. The third kappa shape index (κ3) is 21.5. The maximum absolute atomic E-state index is 12.6. The minimum absolute atomic E-state index is 0. The summed E-state index contributed by atoms with van der Waals surface area (Å²) in [6.07, 6.45) is 4.57. The third-order valence-corrected chi connectivity index (χ3v) is 20.4. The lowest BCUT2D eigenvalue weighted by atomic mass is 9.98. The number of carboxylic acid groups (broad SMARTS) is 1. The first-order valence-electron chi connectivity index (χ1n) is 38.3. The maximum Gasteiger partial charge on any atom is 0.306 e. The molecule has 6 aromatic heterocycles. The largest absolute Gasteiger partial charge is 0.481 e. The predicted octanol–water partition coefficient (Wildman–Crippen LogP) is 17.7. The molecule has 0 amide bonds. The molecule has 24 nitrogen and oxygen atoms in total. The highest BCUT2D eigenvalue weighted by Gasteiger charge is 2.27. The van der Waals surface area contributed by atoms with Crippen LogP contribution in [0.4, 0.5) is 0 Å². The average molecular weight is 1540 g/mol. The Labute approximate surface area is 656 Å². The summed E-state index contributed by atoms with van der Waals surface area (Å²) < 4.78 is 36.8. The number of hydrogen-bond donors (Lipinski definition) is 5. The predicted molar refractivity (Wildman–Crippen MR) is 439 cm³/mol. The Morgan fingerprint density at radius 3 is 0.714 bits per heavy atom. The number of nitrogens with zero attached hydrogens (tertiary/aromatic N) is 4. The standard InChI is InChI=1S/C44H54N4O8.C42H50N4O8.2CH4/c1-9-53-41(49)17-13-29-25(5)33-21-34-27(7)31(15-19-43(51)55-11-3)39(47-34)24-40-32(16-20-44(52)56-12-4)28(8)36(48-40)22-35-26(6)30(14-18-42(50)54-10-2)38(46-35)23-37(29)45-33;1-8-52-40(49)16-12-28-24(5)32-19-35-27(11-15-39(47)48)23(4)31(43-35)20-36-29(13-17-41(50)53-9-2)25(6)33(45-36)22-38-30(14-18-42(51)54-10-3)26(7)34(46-38)21-37(28)44-32;;/h21-24,45,47H,9-20H2,1-8H3;19-22,43-44H,8-18H2,1-7H3,(H,47,48);2*1H4. The quantitative estimate of drug-likeness (QED) is 0.0199.